The molecule has 0 bridgehead atoms. The molecule has 1 aromatic rings. The second kappa shape index (κ2) is 5.85. The summed E-state index contributed by atoms with van der Waals surface area (Å²) >= 11 is 0. The van der Waals surface area contributed by atoms with Gasteiger partial charge in [0.15, 0.2) is 0 Å². The largest absolute Gasteiger partial charge is 0.369 e. The molecule has 0 aliphatic heterocycles. The maximum Gasteiger partial charge on any atom is 0.0986 e. The average Bonchev–Trinajstić information content (AvgIpc) is 2.22. The van der Waals surface area contributed by atoms with Gasteiger partial charge in [0.05, 0.1) is 6.73 Å². The molecule has 0 amide bonds. The van der Waals surface area contributed by atoms with Crippen LogP contribution >= 0.6 is 0 Å². The minimum atomic E-state index is 0.215. The molecule has 1 rings (SSSR count). The molecule has 0 spiro atoms. The lowest BCUT2D eigenvalue weighted by atomic mass is 9.84. The van der Waals surface area contributed by atoms with Crippen molar-refractivity contribution in [3.63, 3.8) is 0 Å². The Balaban J connectivity index is 3.02. The van der Waals surface area contributed by atoms with Gasteiger partial charge in [-0.3, -0.25) is 4.90 Å². The van der Waals surface area contributed by atoms with Crippen molar-refractivity contribution >= 4 is 0 Å². The lowest BCUT2D eigenvalue weighted by Crippen LogP contribution is -2.22. The van der Waals surface area contributed by atoms with Crippen LogP contribution in [0.1, 0.15) is 43.0 Å². The van der Waals surface area contributed by atoms with Gasteiger partial charge in [-0.25, -0.2) is 0 Å². The molecule has 2 heteroatoms. The minimum absolute atomic E-state index is 0.215. The van der Waals surface area contributed by atoms with Crippen molar-refractivity contribution in [2.45, 2.75) is 46.6 Å². The van der Waals surface area contributed by atoms with Gasteiger partial charge in [-0.15, -0.1) is 0 Å². The van der Waals surface area contributed by atoms with Crippen LogP contribution in [0.15, 0.2) is 12.1 Å². The van der Waals surface area contributed by atoms with Crippen molar-refractivity contribution in [2.75, 3.05) is 20.9 Å². The van der Waals surface area contributed by atoms with Crippen molar-refractivity contribution in [3.8, 4) is 0 Å². The summed E-state index contributed by atoms with van der Waals surface area (Å²) in [7, 11) is 3.82. The molecule has 0 saturated carbocycles. The molecule has 102 valence electrons. The molecule has 0 atom stereocenters. The fourth-order valence-corrected chi connectivity index (χ4v) is 2.21. The summed E-state index contributed by atoms with van der Waals surface area (Å²) in [6.45, 7) is 12.8. The first-order valence-corrected chi connectivity index (χ1v) is 6.53. The second-order valence-corrected chi connectivity index (χ2v) is 6.27. The molecule has 0 unspecified atom stereocenters. The summed E-state index contributed by atoms with van der Waals surface area (Å²) in [6.07, 6.45) is 0. The van der Waals surface area contributed by atoms with Gasteiger partial charge in [0.25, 0.3) is 0 Å². The van der Waals surface area contributed by atoms with E-state index in [1.54, 1.807) is 7.11 Å². The zero-order valence-electron chi connectivity index (χ0n) is 12.9. The quantitative estimate of drug-likeness (QED) is 0.755. The van der Waals surface area contributed by atoms with E-state index in [0.717, 1.165) is 6.54 Å². The molecular weight excluding hydrogens is 222 g/mol. The van der Waals surface area contributed by atoms with Crippen LogP contribution in [0.3, 0.4) is 0 Å². The summed E-state index contributed by atoms with van der Waals surface area (Å²) in [6, 6.07) is 4.64. The molecule has 0 aromatic heterocycles. The van der Waals surface area contributed by atoms with E-state index >= 15 is 0 Å². The van der Waals surface area contributed by atoms with E-state index in [9.17, 15) is 0 Å². The third kappa shape index (κ3) is 3.82. The van der Waals surface area contributed by atoms with Crippen molar-refractivity contribution in [1.82, 2.24) is 4.90 Å². The molecule has 0 fully saturated rings. The van der Waals surface area contributed by atoms with Crippen LogP contribution in [0.25, 0.3) is 0 Å². The highest BCUT2D eigenvalue weighted by Gasteiger charge is 2.16. The van der Waals surface area contributed by atoms with Gasteiger partial charge < -0.3 is 4.74 Å². The zero-order valence-corrected chi connectivity index (χ0v) is 12.9. The Bertz CT molecular complexity index is 381. The lowest BCUT2D eigenvalue weighted by Gasteiger charge is -2.24. The van der Waals surface area contributed by atoms with Crippen molar-refractivity contribution < 1.29 is 4.74 Å². The standard InChI is InChI=1S/C16H27NO/c1-12-8-14(16(3,4)5)9-13(2)15(12)10-17(6)11-18-7/h8-9H,10-11H2,1-7H3. The Hall–Kier alpha value is -0.860. The Morgan fingerprint density at radius 2 is 1.61 bits per heavy atom. The Morgan fingerprint density at radius 1 is 1.11 bits per heavy atom. The monoisotopic (exact) mass is 249 g/mol. The van der Waals surface area contributed by atoms with Crippen LogP contribution in [0, 0.1) is 13.8 Å². The number of aryl methyl sites for hydroxylation is 2. The van der Waals surface area contributed by atoms with E-state index in [1.807, 2.05) is 0 Å². The van der Waals surface area contributed by atoms with Crippen molar-refractivity contribution in [2.24, 2.45) is 0 Å². The van der Waals surface area contributed by atoms with Gasteiger partial charge in [0.2, 0.25) is 0 Å². The van der Waals surface area contributed by atoms with Gasteiger partial charge in [0, 0.05) is 13.7 Å². The number of nitrogens with zero attached hydrogens (tertiary/aromatic N) is 1. The molecule has 1 aromatic carbocycles. The maximum absolute atomic E-state index is 5.16. The van der Waals surface area contributed by atoms with Crippen LogP contribution < -0.4 is 0 Å². The Kier molecular flexibility index (Phi) is 4.94. The van der Waals surface area contributed by atoms with Crippen LogP contribution in [0.5, 0.6) is 0 Å². The zero-order chi connectivity index (χ0) is 13.9. The topological polar surface area (TPSA) is 12.5 Å². The molecule has 0 heterocycles. The van der Waals surface area contributed by atoms with Crippen LogP contribution in [-0.4, -0.2) is 25.8 Å². The predicted octanol–water partition coefficient (Wildman–Crippen LogP) is 3.64. The molecule has 0 aliphatic rings. The summed E-state index contributed by atoms with van der Waals surface area (Å²) in [4.78, 5) is 2.19. The molecule has 0 saturated heterocycles. The number of ether oxygens (including phenoxy) is 1. The van der Waals surface area contributed by atoms with Crippen LogP contribution in [0.4, 0.5) is 0 Å². The number of rotatable bonds is 4. The Labute approximate surface area is 112 Å². The number of hydrogen-bond acceptors (Lipinski definition) is 2. The fourth-order valence-electron chi connectivity index (χ4n) is 2.21. The first kappa shape index (κ1) is 15.2. The van der Waals surface area contributed by atoms with E-state index in [1.165, 1.54) is 22.3 Å². The Morgan fingerprint density at radius 3 is 2.00 bits per heavy atom. The van der Waals surface area contributed by atoms with Crippen molar-refractivity contribution in [1.29, 1.82) is 0 Å². The number of methoxy groups -OCH3 is 1. The third-order valence-corrected chi connectivity index (χ3v) is 3.34. The van der Waals surface area contributed by atoms with E-state index in [0.29, 0.717) is 6.73 Å². The van der Waals surface area contributed by atoms with Gasteiger partial charge in [-0.05, 0) is 48.6 Å². The van der Waals surface area contributed by atoms with E-state index in [4.69, 9.17) is 4.74 Å². The summed E-state index contributed by atoms with van der Waals surface area (Å²) in [5.41, 5.74) is 5.80. The van der Waals surface area contributed by atoms with E-state index < -0.39 is 0 Å². The molecule has 18 heavy (non-hydrogen) atoms. The SMILES string of the molecule is COCN(C)Cc1c(C)cc(C(C)(C)C)cc1C. The fraction of sp³-hybridized carbons (Fsp3) is 0.625. The third-order valence-electron chi connectivity index (χ3n) is 3.34. The molecule has 0 aliphatic carbocycles. The molecule has 0 radical (unpaired) electrons. The molecule has 0 N–H and O–H groups in total. The van der Waals surface area contributed by atoms with E-state index in [-0.39, 0.29) is 5.41 Å². The van der Waals surface area contributed by atoms with Crippen LogP contribution in [0.2, 0.25) is 0 Å². The minimum Gasteiger partial charge on any atom is -0.369 e. The van der Waals surface area contributed by atoms with Gasteiger partial charge in [0.1, 0.15) is 0 Å². The maximum atomic E-state index is 5.16. The van der Waals surface area contributed by atoms with Gasteiger partial charge in [-0.2, -0.15) is 0 Å². The second-order valence-electron chi connectivity index (χ2n) is 6.27. The smallest absolute Gasteiger partial charge is 0.0986 e. The van der Waals surface area contributed by atoms with Gasteiger partial charge >= 0.3 is 0 Å². The van der Waals surface area contributed by atoms with Crippen molar-refractivity contribution in [3.05, 3.63) is 34.4 Å². The predicted molar refractivity (Wildman–Crippen MR) is 78.0 cm³/mol. The van der Waals surface area contributed by atoms with Gasteiger partial charge in [-0.1, -0.05) is 32.9 Å². The highest BCUT2D eigenvalue weighted by molar-refractivity contribution is 5.40. The normalized spacial score (nSPS) is 12.2. The average molecular weight is 249 g/mol. The first-order chi connectivity index (χ1) is 8.25. The number of benzene rings is 1. The highest BCUT2D eigenvalue weighted by atomic mass is 16.5. The highest BCUT2D eigenvalue weighted by Crippen LogP contribution is 2.27. The summed E-state index contributed by atoms with van der Waals surface area (Å²) < 4.78 is 5.16. The summed E-state index contributed by atoms with van der Waals surface area (Å²) in [5, 5.41) is 0. The van der Waals surface area contributed by atoms with E-state index in [2.05, 4.69) is 58.7 Å². The summed E-state index contributed by atoms with van der Waals surface area (Å²) in [5.74, 6) is 0. The molecule has 2 nitrogen and oxygen atoms in total. The lowest BCUT2D eigenvalue weighted by molar-refractivity contribution is 0.0769. The number of hydrogen-bond donors (Lipinski definition) is 0. The first-order valence-electron chi connectivity index (χ1n) is 6.53. The molecular formula is C16H27NO. The van der Waals surface area contributed by atoms with Crippen LogP contribution in [-0.2, 0) is 16.7 Å².